The highest BCUT2D eigenvalue weighted by Gasteiger charge is 2.27. The number of piperazine rings is 1. The van der Waals surface area contributed by atoms with Gasteiger partial charge in [-0.05, 0) is 31.5 Å². The number of carbonyl (C=O) groups is 1. The maximum absolute atomic E-state index is 12.2. The maximum Gasteiger partial charge on any atom is 0.472 e. The number of phosphoric acid groups is 1. The van der Waals surface area contributed by atoms with Gasteiger partial charge in [0.05, 0.1) is 23.8 Å². The zero-order valence-electron chi connectivity index (χ0n) is 20.1. The van der Waals surface area contributed by atoms with Gasteiger partial charge in [-0.3, -0.25) is 23.3 Å². The molecule has 35 heavy (non-hydrogen) atoms. The molecule has 0 saturated carbocycles. The summed E-state index contributed by atoms with van der Waals surface area (Å²) in [4.78, 5) is 26.5. The molecule has 1 fully saturated rings. The van der Waals surface area contributed by atoms with Gasteiger partial charge >= 0.3 is 7.82 Å². The van der Waals surface area contributed by atoms with Crippen molar-refractivity contribution in [3.8, 4) is 5.69 Å². The van der Waals surface area contributed by atoms with E-state index in [4.69, 9.17) is 9.05 Å². The molecule has 0 radical (unpaired) electrons. The Labute approximate surface area is 212 Å². The number of hydrogen-bond acceptors (Lipinski definition) is 6. The first-order valence-electron chi connectivity index (χ1n) is 11.7. The Morgan fingerprint density at radius 1 is 1.06 bits per heavy atom. The number of aldehydes is 1. The molecule has 1 N–H and O–H groups in total. The molecule has 1 aliphatic rings. The Hall–Kier alpha value is -2.19. The molecular weight excluding hydrogens is 489 g/mol. The first kappa shape index (κ1) is 27.4. The van der Waals surface area contributed by atoms with E-state index >= 15 is 0 Å². The third-order valence-electron chi connectivity index (χ3n) is 6.24. The third kappa shape index (κ3) is 6.33. The van der Waals surface area contributed by atoms with Crippen LogP contribution < -0.4 is 4.90 Å². The largest absolute Gasteiger partial charge is 0.472 e. The maximum atomic E-state index is 12.2. The van der Waals surface area contributed by atoms with Crippen molar-refractivity contribution in [2.75, 3.05) is 44.2 Å². The average molecular weight is 522 g/mol. The Morgan fingerprint density at radius 3 is 2.37 bits per heavy atom. The van der Waals surface area contributed by atoms with Gasteiger partial charge < -0.3 is 9.79 Å². The van der Waals surface area contributed by atoms with E-state index in [0.717, 1.165) is 54.9 Å². The summed E-state index contributed by atoms with van der Waals surface area (Å²) in [6.07, 6.45) is 1.26. The second-order valence-corrected chi connectivity index (χ2v) is 9.90. The summed E-state index contributed by atoms with van der Waals surface area (Å²) >= 11 is 0. The quantitative estimate of drug-likeness (QED) is 0.299. The Morgan fingerprint density at radius 2 is 1.71 bits per heavy atom. The number of nitrogens with zero attached hydrogens (tertiary/aromatic N) is 3. The van der Waals surface area contributed by atoms with Crippen LogP contribution in [0.5, 0.6) is 0 Å². The standard InChI is InChI=1S/C25H32N3O5P.ClH/c1-3-20(2)33-34(30,31)32-18-17-26-13-15-27(16-14-26)25-23(19-29)22-11-7-8-12-24(22)28(25)21-9-5-4-6-10-21;/h4-12,19-20H,3,13-18H2,1-2H3,(H,30,31);1H. The Balaban J connectivity index is 0.00000342. The number of phosphoric ester groups is 1. The summed E-state index contributed by atoms with van der Waals surface area (Å²) in [6.45, 7) is 7.23. The van der Waals surface area contributed by atoms with E-state index in [0.29, 0.717) is 18.5 Å². The first-order chi connectivity index (χ1) is 16.4. The highest BCUT2D eigenvalue weighted by atomic mass is 35.5. The number of carbonyl (C=O) groups excluding carboxylic acids is 1. The van der Waals surface area contributed by atoms with Crippen LogP contribution in [0.25, 0.3) is 16.6 Å². The van der Waals surface area contributed by atoms with Crippen LogP contribution in [0.1, 0.15) is 30.6 Å². The average Bonchev–Trinajstić information content (AvgIpc) is 3.19. The van der Waals surface area contributed by atoms with Crippen LogP contribution >= 0.6 is 20.2 Å². The van der Waals surface area contributed by atoms with Crippen LogP contribution in [-0.2, 0) is 13.6 Å². The molecule has 1 saturated heterocycles. The van der Waals surface area contributed by atoms with Crippen molar-refractivity contribution in [1.82, 2.24) is 9.47 Å². The van der Waals surface area contributed by atoms with E-state index in [9.17, 15) is 14.3 Å². The predicted molar refractivity (Wildman–Crippen MR) is 141 cm³/mol. The molecule has 2 atom stereocenters. The molecule has 1 aromatic heterocycles. The number of anilines is 1. The lowest BCUT2D eigenvalue weighted by atomic mass is 10.1. The lowest BCUT2D eigenvalue weighted by Crippen LogP contribution is -2.48. The molecule has 190 valence electrons. The van der Waals surface area contributed by atoms with Crippen molar-refractivity contribution in [3.63, 3.8) is 0 Å². The lowest BCUT2D eigenvalue weighted by molar-refractivity contribution is 0.0996. The number of rotatable bonds is 10. The van der Waals surface area contributed by atoms with Crippen molar-refractivity contribution < 1.29 is 23.3 Å². The van der Waals surface area contributed by atoms with Crippen LogP contribution in [0.15, 0.2) is 54.6 Å². The number of halogens is 1. The van der Waals surface area contributed by atoms with Crippen molar-refractivity contribution in [2.45, 2.75) is 26.4 Å². The van der Waals surface area contributed by atoms with Crippen molar-refractivity contribution in [2.24, 2.45) is 0 Å². The second kappa shape index (κ2) is 12.2. The zero-order valence-corrected chi connectivity index (χ0v) is 21.8. The van der Waals surface area contributed by atoms with Gasteiger partial charge in [0.1, 0.15) is 5.82 Å². The predicted octanol–water partition coefficient (Wildman–Crippen LogP) is 4.92. The topological polar surface area (TPSA) is 84.2 Å². The zero-order chi connectivity index (χ0) is 24.1. The molecule has 0 amide bonds. The molecule has 1 aliphatic heterocycles. The van der Waals surface area contributed by atoms with Crippen LogP contribution in [0.4, 0.5) is 5.82 Å². The summed E-state index contributed by atoms with van der Waals surface area (Å²) in [7, 11) is -4.04. The molecule has 2 heterocycles. The fourth-order valence-electron chi connectivity index (χ4n) is 4.32. The molecular formula is C25H33ClN3O5P. The molecule has 10 heteroatoms. The van der Waals surface area contributed by atoms with Gasteiger partial charge in [0.25, 0.3) is 0 Å². The van der Waals surface area contributed by atoms with E-state index in [-0.39, 0.29) is 25.1 Å². The van der Waals surface area contributed by atoms with E-state index in [2.05, 4.69) is 14.4 Å². The summed E-state index contributed by atoms with van der Waals surface area (Å²) in [5.41, 5.74) is 2.71. The molecule has 2 aromatic carbocycles. The van der Waals surface area contributed by atoms with Gasteiger partial charge in [0.2, 0.25) is 0 Å². The summed E-state index contributed by atoms with van der Waals surface area (Å²) in [6, 6.07) is 18.1. The smallest absolute Gasteiger partial charge is 0.355 e. The van der Waals surface area contributed by atoms with Crippen LogP contribution in [0.2, 0.25) is 0 Å². The van der Waals surface area contributed by atoms with Crippen LogP contribution in [0, 0.1) is 0 Å². The SMILES string of the molecule is CCC(C)OP(=O)(O)OCCN1CCN(c2c(C=O)c3ccccc3n2-c2ccccc2)CC1.Cl. The molecule has 0 aliphatic carbocycles. The number of aromatic nitrogens is 1. The molecule has 8 nitrogen and oxygen atoms in total. The Bertz CT molecular complexity index is 1160. The fourth-order valence-corrected chi connectivity index (χ4v) is 5.30. The van der Waals surface area contributed by atoms with E-state index in [1.54, 1.807) is 6.92 Å². The van der Waals surface area contributed by atoms with Gasteiger partial charge in [-0.2, -0.15) is 0 Å². The van der Waals surface area contributed by atoms with Crippen LogP contribution in [0.3, 0.4) is 0 Å². The van der Waals surface area contributed by atoms with Gasteiger partial charge in [0, 0.05) is 43.8 Å². The second-order valence-electron chi connectivity index (χ2n) is 8.50. The minimum absolute atomic E-state index is 0. The molecule has 3 aromatic rings. The summed E-state index contributed by atoms with van der Waals surface area (Å²) in [5.74, 6) is 0.903. The van der Waals surface area contributed by atoms with E-state index in [1.165, 1.54) is 0 Å². The molecule has 0 bridgehead atoms. The molecule has 0 spiro atoms. The number of fused-ring (bicyclic) bond motifs is 1. The van der Waals surface area contributed by atoms with E-state index < -0.39 is 7.82 Å². The fraction of sp³-hybridized carbons (Fsp3) is 0.400. The summed E-state index contributed by atoms with van der Waals surface area (Å²) < 4.78 is 24.4. The monoisotopic (exact) mass is 521 g/mol. The lowest BCUT2D eigenvalue weighted by Gasteiger charge is -2.36. The van der Waals surface area contributed by atoms with Crippen molar-refractivity contribution >= 4 is 43.2 Å². The molecule has 2 unspecified atom stereocenters. The van der Waals surface area contributed by atoms with Crippen LogP contribution in [-0.4, -0.2) is 66.1 Å². The van der Waals surface area contributed by atoms with E-state index in [1.807, 2.05) is 61.5 Å². The number of para-hydroxylation sites is 2. The minimum atomic E-state index is -4.04. The Kier molecular flexibility index (Phi) is 9.53. The third-order valence-corrected chi connectivity index (χ3v) is 7.38. The highest BCUT2D eigenvalue weighted by molar-refractivity contribution is 7.47. The van der Waals surface area contributed by atoms with Gasteiger partial charge in [-0.15, -0.1) is 12.4 Å². The molecule has 4 rings (SSSR count). The highest BCUT2D eigenvalue weighted by Crippen LogP contribution is 2.44. The van der Waals surface area contributed by atoms with Gasteiger partial charge in [0.15, 0.2) is 6.29 Å². The first-order valence-corrected chi connectivity index (χ1v) is 13.2. The minimum Gasteiger partial charge on any atom is -0.355 e. The number of benzene rings is 2. The number of hydrogen-bond donors (Lipinski definition) is 1. The van der Waals surface area contributed by atoms with Gasteiger partial charge in [-0.1, -0.05) is 43.3 Å². The summed E-state index contributed by atoms with van der Waals surface area (Å²) in [5, 5.41) is 0.937. The van der Waals surface area contributed by atoms with Crippen molar-refractivity contribution in [3.05, 3.63) is 60.2 Å². The van der Waals surface area contributed by atoms with Gasteiger partial charge in [-0.25, -0.2) is 4.57 Å². The normalized spacial score (nSPS) is 17.1. The van der Waals surface area contributed by atoms with Crippen molar-refractivity contribution in [1.29, 1.82) is 0 Å².